The third kappa shape index (κ3) is 4.43. The zero-order valence-electron chi connectivity index (χ0n) is 15.9. The van der Waals surface area contributed by atoms with E-state index in [1.54, 1.807) is 17.4 Å². The van der Waals surface area contributed by atoms with Gasteiger partial charge in [-0.05, 0) is 32.4 Å². The van der Waals surface area contributed by atoms with E-state index in [2.05, 4.69) is 33.5 Å². The van der Waals surface area contributed by atoms with Gasteiger partial charge in [0.25, 0.3) is 0 Å². The first-order valence-electron chi connectivity index (χ1n) is 9.18. The molecule has 2 atom stereocenters. The molecule has 8 heteroatoms. The highest BCUT2D eigenvalue weighted by Gasteiger charge is 2.32. The molecule has 0 aliphatic carbocycles. The summed E-state index contributed by atoms with van der Waals surface area (Å²) in [6, 6.07) is 0.280. The van der Waals surface area contributed by atoms with Gasteiger partial charge in [0.05, 0.1) is 12.5 Å². The monoisotopic (exact) mass is 359 g/mol. The van der Waals surface area contributed by atoms with Crippen molar-refractivity contribution >= 4 is 6.03 Å². The van der Waals surface area contributed by atoms with E-state index in [9.17, 15) is 4.79 Å². The molecule has 0 aromatic carbocycles. The number of amides is 2. The molecule has 2 aromatic rings. The summed E-state index contributed by atoms with van der Waals surface area (Å²) in [5, 5.41) is 7.32. The number of rotatable bonds is 6. The quantitative estimate of drug-likeness (QED) is 0.845. The van der Waals surface area contributed by atoms with Gasteiger partial charge in [0.15, 0.2) is 0 Å². The fraction of sp³-hybridized carbons (Fsp3) is 0.611. The fourth-order valence-electron chi connectivity index (χ4n) is 3.85. The van der Waals surface area contributed by atoms with Gasteiger partial charge < -0.3 is 14.8 Å². The lowest BCUT2D eigenvalue weighted by molar-refractivity contribution is 0.0995. The second-order valence-electron chi connectivity index (χ2n) is 7.19. The molecule has 1 fully saturated rings. The van der Waals surface area contributed by atoms with Crippen LogP contribution in [0, 0.1) is 5.92 Å². The smallest absolute Gasteiger partial charge is 0.317 e. The van der Waals surface area contributed by atoms with Gasteiger partial charge in [-0.1, -0.05) is 0 Å². The Morgan fingerprint density at radius 3 is 2.96 bits per heavy atom. The molecular formula is C18H29N7O. The number of imidazole rings is 1. The highest BCUT2D eigenvalue weighted by atomic mass is 16.2. The molecule has 2 aromatic heterocycles. The minimum Gasteiger partial charge on any atom is -0.336 e. The number of nitrogens with one attached hydrogen (secondary N) is 1. The normalized spacial score (nSPS) is 20.9. The standard InChI is InChI=1S/C18H29N7O/c1-22-8-4-5-15(17(22)16-11-21-24(3)13-16)12-23(2)18(26)20-7-10-25-9-6-19-14-25/h6,9,11,13-15,17H,4-5,7-8,10,12H2,1-3H3,(H,20,26)/t15-,17+/m0/s1. The third-order valence-electron chi connectivity index (χ3n) is 5.13. The zero-order chi connectivity index (χ0) is 18.5. The summed E-state index contributed by atoms with van der Waals surface area (Å²) < 4.78 is 3.80. The van der Waals surface area contributed by atoms with Crippen LogP contribution in [0.2, 0.25) is 0 Å². The molecule has 1 saturated heterocycles. The van der Waals surface area contributed by atoms with Crippen LogP contribution in [0.15, 0.2) is 31.1 Å². The molecule has 1 aliphatic heterocycles. The molecule has 1 aliphatic rings. The number of piperidine rings is 1. The number of urea groups is 1. The van der Waals surface area contributed by atoms with Gasteiger partial charge in [0.2, 0.25) is 0 Å². The van der Waals surface area contributed by atoms with Crippen molar-refractivity contribution in [2.75, 3.05) is 33.7 Å². The molecule has 0 spiro atoms. The van der Waals surface area contributed by atoms with Gasteiger partial charge in [-0.3, -0.25) is 9.58 Å². The number of aromatic nitrogens is 4. The average molecular weight is 359 g/mol. The van der Waals surface area contributed by atoms with Crippen LogP contribution in [0.3, 0.4) is 0 Å². The van der Waals surface area contributed by atoms with Crippen LogP contribution in [-0.4, -0.2) is 68.9 Å². The van der Waals surface area contributed by atoms with E-state index in [4.69, 9.17) is 0 Å². The largest absolute Gasteiger partial charge is 0.336 e. The second-order valence-corrected chi connectivity index (χ2v) is 7.19. The van der Waals surface area contributed by atoms with Crippen LogP contribution in [0.1, 0.15) is 24.4 Å². The maximum atomic E-state index is 12.4. The zero-order valence-corrected chi connectivity index (χ0v) is 15.9. The maximum absolute atomic E-state index is 12.4. The van der Waals surface area contributed by atoms with Gasteiger partial charge >= 0.3 is 6.03 Å². The van der Waals surface area contributed by atoms with Gasteiger partial charge in [-0.25, -0.2) is 9.78 Å². The van der Waals surface area contributed by atoms with Gasteiger partial charge in [-0.15, -0.1) is 0 Å². The van der Waals surface area contributed by atoms with Crippen molar-refractivity contribution in [3.63, 3.8) is 0 Å². The Morgan fingerprint density at radius 2 is 2.27 bits per heavy atom. The lowest BCUT2D eigenvalue weighted by atomic mass is 9.86. The lowest BCUT2D eigenvalue weighted by Crippen LogP contribution is -2.45. The molecule has 1 N–H and O–H groups in total. The summed E-state index contributed by atoms with van der Waals surface area (Å²) in [6.07, 6.45) is 11.7. The molecule has 0 unspecified atom stereocenters. The molecule has 2 amide bonds. The van der Waals surface area contributed by atoms with Gasteiger partial charge in [0.1, 0.15) is 0 Å². The van der Waals surface area contributed by atoms with Crippen molar-refractivity contribution in [1.82, 2.24) is 34.4 Å². The van der Waals surface area contributed by atoms with Crippen LogP contribution in [0.4, 0.5) is 4.79 Å². The van der Waals surface area contributed by atoms with E-state index in [0.29, 0.717) is 18.5 Å². The SMILES string of the molecule is CN(C[C@@H]1CCCN(C)[C@H]1c1cnn(C)c1)C(=O)NCCn1ccnc1. The summed E-state index contributed by atoms with van der Waals surface area (Å²) in [5.41, 5.74) is 1.23. The third-order valence-corrected chi connectivity index (χ3v) is 5.13. The van der Waals surface area contributed by atoms with Crippen LogP contribution in [0.25, 0.3) is 0 Å². The Bertz CT molecular complexity index is 696. The maximum Gasteiger partial charge on any atom is 0.317 e. The molecule has 8 nitrogen and oxygen atoms in total. The summed E-state index contributed by atoms with van der Waals surface area (Å²) >= 11 is 0. The summed E-state index contributed by atoms with van der Waals surface area (Å²) in [4.78, 5) is 20.6. The van der Waals surface area contributed by atoms with Gasteiger partial charge in [-0.2, -0.15) is 5.10 Å². The molecule has 0 saturated carbocycles. The minimum absolute atomic E-state index is 0.0247. The number of hydrogen-bond donors (Lipinski definition) is 1. The number of carbonyl (C=O) groups is 1. The van der Waals surface area contributed by atoms with Crippen molar-refractivity contribution < 1.29 is 4.79 Å². The number of likely N-dealkylation sites (tertiary alicyclic amines) is 1. The van der Waals surface area contributed by atoms with E-state index in [1.165, 1.54) is 5.56 Å². The predicted octanol–water partition coefficient (Wildman–Crippen LogP) is 1.34. The van der Waals surface area contributed by atoms with Crippen LogP contribution < -0.4 is 5.32 Å². The minimum atomic E-state index is -0.0247. The molecular weight excluding hydrogens is 330 g/mol. The Labute approximate surface area is 154 Å². The van der Waals surface area contributed by atoms with Crippen molar-refractivity contribution in [3.05, 3.63) is 36.7 Å². The molecule has 26 heavy (non-hydrogen) atoms. The first kappa shape index (κ1) is 18.4. The highest BCUT2D eigenvalue weighted by Crippen LogP contribution is 2.35. The number of nitrogens with zero attached hydrogens (tertiary/aromatic N) is 6. The summed E-state index contributed by atoms with van der Waals surface area (Å²) in [6.45, 7) is 3.14. The number of carbonyl (C=O) groups excluding carboxylic acids is 1. The summed E-state index contributed by atoms with van der Waals surface area (Å²) in [5.74, 6) is 0.405. The Hall–Kier alpha value is -2.35. The van der Waals surface area contributed by atoms with Crippen LogP contribution >= 0.6 is 0 Å². The predicted molar refractivity (Wildman–Crippen MR) is 99.6 cm³/mol. The van der Waals surface area contributed by atoms with Crippen LogP contribution in [0.5, 0.6) is 0 Å². The summed E-state index contributed by atoms with van der Waals surface area (Å²) in [7, 11) is 5.98. The van der Waals surface area contributed by atoms with Crippen molar-refractivity contribution in [2.24, 2.45) is 13.0 Å². The van der Waals surface area contributed by atoms with Gasteiger partial charge in [0, 0.05) is 63.9 Å². The lowest BCUT2D eigenvalue weighted by Gasteiger charge is -2.40. The number of hydrogen-bond acceptors (Lipinski definition) is 4. The number of aryl methyl sites for hydroxylation is 1. The van der Waals surface area contributed by atoms with E-state index in [0.717, 1.165) is 32.5 Å². The van der Waals surface area contributed by atoms with E-state index in [1.807, 2.05) is 35.7 Å². The van der Waals surface area contributed by atoms with Crippen molar-refractivity contribution in [1.29, 1.82) is 0 Å². The van der Waals surface area contributed by atoms with Crippen molar-refractivity contribution in [3.8, 4) is 0 Å². The molecule has 0 bridgehead atoms. The van der Waals surface area contributed by atoms with Crippen molar-refractivity contribution in [2.45, 2.75) is 25.4 Å². The average Bonchev–Trinajstić information content (AvgIpc) is 3.26. The molecule has 3 heterocycles. The van der Waals surface area contributed by atoms with E-state index < -0.39 is 0 Å². The first-order chi connectivity index (χ1) is 12.5. The van der Waals surface area contributed by atoms with E-state index >= 15 is 0 Å². The second kappa shape index (κ2) is 8.35. The fourth-order valence-corrected chi connectivity index (χ4v) is 3.85. The first-order valence-corrected chi connectivity index (χ1v) is 9.18. The molecule has 0 radical (unpaired) electrons. The van der Waals surface area contributed by atoms with Crippen LogP contribution in [-0.2, 0) is 13.6 Å². The van der Waals surface area contributed by atoms with E-state index in [-0.39, 0.29) is 6.03 Å². The molecule has 142 valence electrons. The Morgan fingerprint density at radius 1 is 1.42 bits per heavy atom. The highest BCUT2D eigenvalue weighted by molar-refractivity contribution is 5.73. The Kier molecular flexibility index (Phi) is 5.92. The Balaban J connectivity index is 1.55. The topological polar surface area (TPSA) is 71.2 Å². The molecule has 3 rings (SSSR count).